The van der Waals surface area contributed by atoms with Crippen molar-refractivity contribution >= 4 is 51.0 Å². The molecular weight excluding hydrogens is 585 g/mol. The number of hydrazone groups is 1. The monoisotopic (exact) mass is 611 g/mol. The molecule has 1 N–H and O–H groups in total. The minimum atomic E-state index is -4.10. The smallest absolute Gasteiger partial charge is 0.264 e. The van der Waals surface area contributed by atoms with Gasteiger partial charge >= 0.3 is 0 Å². The summed E-state index contributed by atoms with van der Waals surface area (Å²) in [6.07, 6.45) is 1.45. The highest BCUT2D eigenvalue weighted by Crippen LogP contribution is 2.26. The average molecular weight is 613 g/mol. The van der Waals surface area contributed by atoms with E-state index in [9.17, 15) is 13.2 Å². The van der Waals surface area contributed by atoms with Crippen molar-refractivity contribution in [1.29, 1.82) is 0 Å². The standard InChI is InChI=1S/C30H27Cl2N3O5S/c1-2-39-27-15-11-26(12-16-27)35(41(37,38)29-17-9-25(32)10-18-29)20-30(36)34-33-19-22-5-13-28(14-6-22)40-21-23-3-7-24(31)8-4-23/h3-19H,2,20-21H2,1H3,(H,34,36)/b33-19-. The molecule has 4 aromatic rings. The summed E-state index contributed by atoms with van der Waals surface area (Å²) in [6.45, 7) is 2.20. The lowest BCUT2D eigenvalue weighted by atomic mass is 10.2. The number of carbonyl (C=O) groups excluding carboxylic acids is 1. The van der Waals surface area contributed by atoms with Crippen molar-refractivity contribution in [2.45, 2.75) is 18.4 Å². The first-order chi connectivity index (χ1) is 19.7. The minimum absolute atomic E-state index is 0.00884. The Kier molecular flexibility index (Phi) is 10.2. The van der Waals surface area contributed by atoms with E-state index in [1.807, 2.05) is 19.1 Å². The number of sulfonamides is 1. The van der Waals surface area contributed by atoms with Gasteiger partial charge in [0.2, 0.25) is 0 Å². The molecule has 4 aromatic carbocycles. The van der Waals surface area contributed by atoms with Crippen molar-refractivity contribution in [3.05, 3.63) is 118 Å². The maximum Gasteiger partial charge on any atom is 0.264 e. The molecule has 0 heterocycles. The minimum Gasteiger partial charge on any atom is -0.494 e. The number of amides is 1. The van der Waals surface area contributed by atoms with E-state index in [2.05, 4.69) is 10.5 Å². The Balaban J connectivity index is 1.41. The van der Waals surface area contributed by atoms with E-state index in [0.717, 1.165) is 9.87 Å². The molecule has 0 saturated carbocycles. The zero-order chi connectivity index (χ0) is 29.2. The summed E-state index contributed by atoms with van der Waals surface area (Å²) in [5, 5.41) is 5.04. The summed E-state index contributed by atoms with van der Waals surface area (Å²) < 4.78 is 39.2. The van der Waals surface area contributed by atoms with Gasteiger partial charge in [0, 0.05) is 10.0 Å². The molecule has 0 atom stereocenters. The van der Waals surface area contributed by atoms with Crippen LogP contribution in [0.4, 0.5) is 5.69 Å². The van der Waals surface area contributed by atoms with Crippen LogP contribution in [0.2, 0.25) is 10.0 Å². The van der Waals surface area contributed by atoms with Gasteiger partial charge in [0.15, 0.2) is 0 Å². The lowest BCUT2D eigenvalue weighted by Crippen LogP contribution is -2.39. The maximum atomic E-state index is 13.5. The molecule has 0 fully saturated rings. The molecule has 41 heavy (non-hydrogen) atoms. The lowest BCUT2D eigenvalue weighted by molar-refractivity contribution is -0.119. The molecule has 0 spiro atoms. The van der Waals surface area contributed by atoms with Gasteiger partial charge in [-0.2, -0.15) is 5.10 Å². The van der Waals surface area contributed by atoms with Crippen molar-refractivity contribution in [1.82, 2.24) is 5.43 Å². The second-order valence-corrected chi connectivity index (χ2v) is 11.4. The second-order valence-electron chi connectivity index (χ2n) is 8.67. The van der Waals surface area contributed by atoms with Crippen LogP contribution in [-0.4, -0.2) is 33.7 Å². The van der Waals surface area contributed by atoms with E-state index in [0.29, 0.717) is 40.3 Å². The molecule has 0 aliphatic carbocycles. The number of halogens is 2. The van der Waals surface area contributed by atoms with Gasteiger partial charge in [-0.05, 0) is 103 Å². The third kappa shape index (κ3) is 8.47. The van der Waals surface area contributed by atoms with Crippen molar-refractivity contribution in [3.63, 3.8) is 0 Å². The maximum absolute atomic E-state index is 13.5. The van der Waals surface area contributed by atoms with Gasteiger partial charge in [-0.25, -0.2) is 13.8 Å². The van der Waals surface area contributed by atoms with E-state index in [1.165, 1.54) is 30.5 Å². The van der Waals surface area contributed by atoms with Crippen LogP contribution in [0, 0.1) is 0 Å². The molecule has 4 rings (SSSR count). The molecule has 0 bridgehead atoms. The number of ether oxygens (including phenoxy) is 2. The number of nitrogens with zero attached hydrogens (tertiary/aromatic N) is 2. The van der Waals surface area contributed by atoms with E-state index in [1.54, 1.807) is 60.7 Å². The van der Waals surface area contributed by atoms with Crippen LogP contribution in [0.15, 0.2) is 107 Å². The fourth-order valence-corrected chi connectivity index (χ4v) is 5.34. The molecule has 0 aliphatic heterocycles. The molecule has 1 amide bonds. The van der Waals surface area contributed by atoms with Crippen LogP contribution in [0.1, 0.15) is 18.1 Å². The van der Waals surface area contributed by atoms with Gasteiger partial charge in [0.05, 0.1) is 23.4 Å². The largest absolute Gasteiger partial charge is 0.494 e. The highest BCUT2D eigenvalue weighted by molar-refractivity contribution is 7.92. The third-order valence-corrected chi connectivity index (χ3v) is 8.02. The highest BCUT2D eigenvalue weighted by atomic mass is 35.5. The van der Waals surface area contributed by atoms with Crippen LogP contribution in [-0.2, 0) is 21.4 Å². The van der Waals surface area contributed by atoms with Crippen molar-refractivity contribution in [2.24, 2.45) is 5.10 Å². The van der Waals surface area contributed by atoms with Gasteiger partial charge in [0.25, 0.3) is 15.9 Å². The number of hydrogen-bond donors (Lipinski definition) is 1. The molecule has 11 heteroatoms. The Hall–Kier alpha value is -4.05. The Morgan fingerprint density at radius 1 is 0.829 bits per heavy atom. The summed E-state index contributed by atoms with van der Waals surface area (Å²) >= 11 is 11.8. The number of hydrogen-bond acceptors (Lipinski definition) is 6. The second kappa shape index (κ2) is 14.0. The lowest BCUT2D eigenvalue weighted by Gasteiger charge is -2.24. The van der Waals surface area contributed by atoms with Gasteiger partial charge in [-0.15, -0.1) is 0 Å². The predicted octanol–water partition coefficient (Wildman–Crippen LogP) is 6.32. The van der Waals surface area contributed by atoms with Crippen molar-refractivity contribution < 1.29 is 22.7 Å². The summed E-state index contributed by atoms with van der Waals surface area (Å²) in [5.74, 6) is 0.616. The van der Waals surface area contributed by atoms with Crippen LogP contribution in [0.3, 0.4) is 0 Å². The number of benzene rings is 4. The zero-order valence-corrected chi connectivity index (χ0v) is 24.4. The van der Waals surface area contributed by atoms with E-state index in [4.69, 9.17) is 32.7 Å². The average Bonchev–Trinajstić information content (AvgIpc) is 2.97. The fourth-order valence-electron chi connectivity index (χ4n) is 3.67. The molecular formula is C30H27Cl2N3O5S. The topological polar surface area (TPSA) is 97.3 Å². The third-order valence-electron chi connectivity index (χ3n) is 5.73. The normalized spacial score (nSPS) is 11.3. The fraction of sp³-hybridized carbons (Fsp3) is 0.133. The molecule has 0 saturated heterocycles. The Bertz CT molecular complexity index is 1580. The van der Waals surface area contributed by atoms with E-state index < -0.39 is 22.5 Å². The first-order valence-electron chi connectivity index (χ1n) is 12.5. The highest BCUT2D eigenvalue weighted by Gasteiger charge is 2.27. The Morgan fingerprint density at radius 3 is 2.00 bits per heavy atom. The SMILES string of the molecule is CCOc1ccc(N(CC(=O)N/N=C\c2ccc(OCc3ccc(Cl)cc3)cc2)S(=O)(=O)c2ccc(Cl)cc2)cc1. The number of nitrogens with one attached hydrogen (secondary N) is 1. The van der Waals surface area contributed by atoms with Crippen LogP contribution in [0.5, 0.6) is 11.5 Å². The van der Waals surface area contributed by atoms with Gasteiger partial charge in [-0.3, -0.25) is 9.10 Å². The summed E-state index contributed by atoms with van der Waals surface area (Å²) in [7, 11) is -4.10. The summed E-state index contributed by atoms with van der Waals surface area (Å²) in [6, 6.07) is 26.7. The van der Waals surface area contributed by atoms with Crippen LogP contribution >= 0.6 is 23.2 Å². The Labute approximate surface area is 249 Å². The number of rotatable bonds is 12. The van der Waals surface area contributed by atoms with Gasteiger partial charge in [-0.1, -0.05) is 35.3 Å². The molecule has 0 aliphatic rings. The van der Waals surface area contributed by atoms with Crippen molar-refractivity contribution in [2.75, 3.05) is 17.5 Å². The molecule has 8 nitrogen and oxygen atoms in total. The molecule has 0 unspecified atom stereocenters. The number of anilines is 1. The van der Waals surface area contributed by atoms with Crippen molar-refractivity contribution in [3.8, 4) is 11.5 Å². The van der Waals surface area contributed by atoms with E-state index in [-0.39, 0.29) is 10.6 Å². The van der Waals surface area contributed by atoms with Crippen LogP contribution < -0.4 is 19.2 Å². The first kappa shape index (κ1) is 29.9. The Morgan fingerprint density at radius 2 is 1.39 bits per heavy atom. The van der Waals surface area contributed by atoms with Crippen LogP contribution in [0.25, 0.3) is 0 Å². The summed E-state index contributed by atoms with van der Waals surface area (Å²) in [4.78, 5) is 12.8. The molecule has 212 valence electrons. The first-order valence-corrected chi connectivity index (χ1v) is 14.7. The summed E-state index contributed by atoms with van der Waals surface area (Å²) in [5.41, 5.74) is 4.38. The van der Waals surface area contributed by atoms with Gasteiger partial charge < -0.3 is 9.47 Å². The quantitative estimate of drug-likeness (QED) is 0.149. The number of carbonyl (C=O) groups is 1. The molecule has 0 aromatic heterocycles. The van der Waals surface area contributed by atoms with Gasteiger partial charge in [0.1, 0.15) is 24.7 Å². The van der Waals surface area contributed by atoms with E-state index >= 15 is 0 Å². The predicted molar refractivity (Wildman–Crippen MR) is 162 cm³/mol. The zero-order valence-electron chi connectivity index (χ0n) is 22.0. The molecule has 0 radical (unpaired) electrons.